The molecule has 0 N–H and O–H groups in total. The van der Waals surface area contributed by atoms with E-state index in [0.29, 0.717) is 11.8 Å². The van der Waals surface area contributed by atoms with Crippen LogP contribution in [0.1, 0.15) is 18.4 Å². The van der Waals surface area contributed by atoms with Crippen molar-refractivity contribution < 1.29 is 9.15 Å². The summed E-state index contributed by atoms with van der Waals surface area (Å²) < 4.78 is 11.3. The summed E-state index contributed by atoms with van der Waals surface area (Å²) in [5.74, 6) is 2.83. The maximum atomic E-state index is 5.69. The highest BCUT2D eigenvalue weighted by Crippen LogP contribution is 2.22. The van der Waals surface area contributed by atoms with Gasteiger partial charge < -0.3 is 9.15 Å². The van der Waals surface area contributed by atoms with Crippen LogP contribution in [0.4, 0.5) is 0 Å². The molecule has 0 aliphatic carbocycles. The second kappa shape index (κ2) is 7.33. The van der Waals surface area contributed by atoms with Crippen molar-refractivity contribution in [3.8, 4) is 17.2 Å². The zero-order valence-corrected chi connectivity index (χ0v) is 14.0. The van der Waals surface area contributed by atoms with Crippen LogP contribution in [0, 0.1) is 6.92 Å². The largest absolute Gasteiger partial charge is 0.484 e. The Morgan fingerprint density at radius 1 is 1.00 bits per heavy atom. The van der Waals surface area contributed by atoms with Crippen LogP contribution in [-0.2, 0) is 6.61 Å². The molecule has 0 fully saturated rings. The van der Waals surface area contributed by atoms with Crippen molar-refractivity contribution >= 4 is 11.8 Å². The molecule has 3 aromatic rings. The van der Waals surface area contributed by atoms with Crippen LogP contribution in [0.3, 0.4) is 0 Å². The molecule has 0 saturated carbocycles. The fraction of sp³-hybridized carbons (Fsp3) is 0.222. The minimum atomic E-state index is 0.263. The summed E-state index contributed by atoms with van der Waals surface area (Å²) >= 11 is 1.80. The first-order chi connectivity index (χ1) is 11.2. The van der Waals surface area contributed by atoms with Gasteiger partial charge in [0.15, 0.2) is 6.61 Å². The van der Waals surface area contributed by atoms with E-state index in [0.717, 1.165) is 17.1 Å². The molecule has 118 valence electrons. The van der Waals surface area contributed by atoms with Gasteiger partial charge in [0.25, 0.3) is 5.89 Å². The van der Waals surface area contributed by atoms with Crippen molar-refractivity contribution in [1.29, 1.82) is 0 Å². The third-order valence-electron chi connectivity index (χ3n) is 3.26. The lowest BCUT2D eigenvalue weighted by Crippen LogP contribution is -1.95. The molecule has 1 aromatic heterocycles. The molecule has 0 amide bonds. The zero-order valence-electron chi connectivity index (χ0n) is 13.2. The van der Waals surface area contributed by atoms with Crippen LogP contribution < -0.4 is 4.74 Å². The van der Waals surface area contributed by atoms with E-state index in [1.54, 1.807) is 11.8 Å². The Morgan fingerprint density at radius 3 is 2.43 bits per heavy atom. The standard InChI is InChI=1S/C18H18N2O2S/c1-3-23-16-10-8-15(9-11-16)21-12-17-19-20-18(22-17)14-6-4-13(2)5-7-14/h4-11H,3,12H2,1-2H3. The molecular weight excluding hydrogens is 308 g/mol. The quantitative estimate of drug-likeness (QED) is 0.613. The summed E-state index contributed by atoms with van der Waals surface area (Å²) in [6, 6.07) is 16.0. The summed E-state index contributed by atoms with van der Waals surface area (Å²) in [7, 11) is 0. The molecule has 1 heterocycles. The Morgan fingerprint density at radius 2 is 1.74 bits per heavy atom. The highest BCUT2D eigenvalue weighted by Gasteiger charge is 2.09. The van der Waals surface area contributed by atoms with E-state index in [9.17, 15) is 0 Å². The van der Waals surface area contributed by atoms with Crippen molar-refractivity contribution in [2.75, 3.05) is 5.75 Å². The molecule has 5 heteroatoms. The lowest BCUT2D eigenvalue weighted by molar-refractivity contribution is 0.264. The molecule has 3 rings (SSSR count). The number of aromatic nitrogens is 2. The molecular formula is C18H18N2O2S. The summed E-state index contributed by atoms with van der Waals surface area (Å²) in [4.78, 5) is 1.24. The second-order valence-electron chi connectivity index (χ2n) is 5.06. The van der Waals surface area contributed by atoms with E-state index in [4.69, 9.17) is 9.15 Å². The maximum Gasteiger partial charge on any atom is 0.254 e. The van der Waals surface area contributed by atoms with Gasteiger partial charge in [-0.2, -0.15) is 0 Å². The minimum absolute atomic E-state index is 0.263. The average Bonchev–Trinajstić information content (AvgIpc) is 3.04. The SMILES string of the molecule is CCSc1ccc(OCc2nnc(-c3ccc(C)cc3)o2)cc1. The molecule has 23 heavy (non-hydrogen) atoms. The molecule has 0 radical (unpaired) electrons. The molecule has 0 atom stereocenters. The van der Waals surface area contributed by atoms with E-state index in [1.165, 1.54) is 10.5 Å². The summed E-state index contributed by atoms with van der Waals surface area (Å²) in [5, 5.41) is 8.10. The molecule has 2 aromatic carbocycles. The highest BCUT2D eigenvalue weighted by molar-refractivity contribution is 7.99. The van der Waals surface area contributed by atoms with Crippen LogP contribution in [0.2, 0.25) is 0 Å². The lowest BCUT2D eigenvalue weighted by atomic mass is 10.1. The zero-order chi connectivity index (χ0) is 16.1. The van der Waals surface area contributed by atoms with Gasteiger partial charge >= 0.3 is 0 Å². The maximum absolute atomic E-state index is 5.69. The Balaban J connectivity index is 1.61. The lowest BCUT2D eigenvalue weighted by Gasteiger charge is -2.04. The third-order valence-corrected chi connectivity index (χ3v) is 4.16. The molecule has 4 nitrogen and oxygen atoms in total. The van der Waals surface area contributed by atoms with E-state index < -0.39 is 0 Å². The highest BCUT2D eigenvalue weighted by atomic mass is 32.2. The van der Waals surface area contributed by atoms with E-state index >= 15 is 0 Å². The molecule has 0 unspecified atom stereocenters. The number of nitrogens with zero attached hydrogens (tertiary/aromatic N) is 2. The topological polar surface area (TPSA) is 48.2 Å². The number of ether oxygens (including phenoxy) is 1. The fourth-order valence-corrected chi connectivity index (χ4v) is 2.73. The predicted molar refractivity (Wildman–Crippen MR) is 91.6 cm³/mol. The Hall–Kier alpha value is -2.27. The monoisotopic (exact) mass is 326 g/mol. The van der Waals surface area contributed by atoms with Crippen LogP contribution in [-0.4, -0.2) is 16.0 Å². The molecule has 0 bridgehead atoms. The second-order valence-corrected chi connectivity index (χ2v) is 6.40. The van der Waals surface area contributed by atoms with Gasteiger partial charge in [-0.25, -0.2) is 0 Å². The molecule has 0 saturated heterocycles. The first-order valence-corrected chi connectivity index (χ1v) is 8.48. The molecule has 0 aliphatic heterocycles. The van der Waals surface area contributed by atoms with E-state index in [-0.39, 0.29) is 6.61 Å². The normalized spacial score (nSPS) is 10.7. The van der Waals surface area contributed by atoms with Gasteiger partial charge in [0.2, 0.25) is 5.89 Å². The van der Waals surface area contributed by atoms with Gasteiger partial charge in [-0.3, -0.25) is 0 Å². The van der Waals surface area contributed by atoms with Gasteiger partial charge in [-0.1, -0.05) is 24.6 Å². The van der Waals surface area contributed by atoms with Crippen LogP contribution in [0.15, 0.2) is 57.8 Å². The Labute approximate surface area is 139 Å². The van der Waals surface area contributed by atoms with Crippen molar-refractivity contribution in [1.82, 2.24) is 10.2 Å². The number of benzene rings is 2. The van der Waals surface area contributed by atoms with Gasteiger partial charge in [0, 0.05) is 10.5 Å². The van der Waals surface area contributed by atoms with Gasteiger partial charge in [0.1, 0.15) is 5.75 Å². The van der Waals surface area contributed by atoms with Crippen LogP contribution in [0.25, 0.3) is 11.5 Å². The number of aryl methyl sites for hydroxylation is 1. The summed E-state index contributed by atoms with van der Waals surface area (Å²) in [6.45, 7) is 4.44. The number of thioether (sulfide) groups is 1. The van der Waals surface area contributed by atoms with Crippen molar-refractivity contribution in [2.24, 2.45) is 0 Å². The summed E-state index contributed by atoms with van der Waals surface area (Å²) in [5.41, 5.74) is 2.11. The van der Waals surface area contributed by atoms with Crippen molar-refractivity contribution in [2.45, 2.75) is 25.3 Å². The van der Waals surface area contributed by atoms with Gasteiger partial charge in [0.05, 0.1) is 0 Å². The molecule has 0 spiro atoms. The minimum Gasteiger partial charge on any atom is -0.484 e. The van der Waals surface area contributed by atoms with Crippen molar-refractivity contribution in [3.05, 3.63) is 60.0 Å². The van der Waals surface area contributed by atoms with Crippen molar-refractivity contribution in [3.63, 3.8) is 0 Å². The number of hydrogen-bond donors (Lipinski definition) is 0. The number of rotatable bonds is 6. The first-order valence-electron chi connectivity index (χ1n) is 7.49. The average molecular weight is 326 g/mol. The summed E-state index contributed by atoms with van der Waals surface area (Å²) in [6.07, 6.45) is 0. The first kappa shape index (κ1) is 15.6. The smallest absolute Gasteiger partial charge is 0.254 e. The van der Waals surface area contributed by atoms with Crippen LogP contribution in [0.5, 0.6) is 5.75 Å². The van der Waals surface area contributed by atoms with E-state index in [2.05, 4.69) is 29.3 Å². The Bertz CT molecular complexity index is 751. The molecule has 0 aliphatic rings. The van der Waals surface area contributed by atoms with E-state index in [1.807, 2.05) is 43.3 Å². The number of hydrogen-bond acceptors (Lipinski definition) is 5. The van der Waals surface area contributed by atoms with Gasteiger partial charge in [-0.15, -0.1) is 22.0 Å². The third kappa shape index (κ3) is 4.13. The van der Waals surface area contributed by atoms with Gasteiger partial charge in [-0.05, 0) is 49.1 Å². The predicted octanol–water partition coefficient (Wildman–Crippen LogP) is 4.74. The van der Waals surface area contributed by atoms with Crippen LogP contribution >= 0.6 is 11.8 Å². The fourth-order valence-electron chi connectivity index (χ4n) is 2.07. The Kier molecular flexibility index (Phi) is 4.98.